The van der Waals surface area contributed by atoms with Gasteiger partial charge in [-0.05, 0) is 36.9 Å². The van der Waals surface area contributed by atoms with Crippen molar-refractivity contribution < 1.29 is 4.42 Å². The Hall–Kier alpha value is -1.87. The second kappa shape index (κ2) is 11.1. The number of aromatic nitrogens is 1. The van der Waals surface area contributed by atoms with E-state index in [-0.39, 0.29) is 24.0 Å². The Morgan fingerprint density at radius 2 is 2.04 bits per heavy atom. The maximum absolute atomic E-state index is 5.59. The fourth-order valence-electron chi connectivity index (χ4n) is 2.56. The maximum atomic E-state index is 5.59. The van der Waals surface area contributed by atoms with Crippen molar-refractivity contribution in [2.24, 2.45) is 4.99 Å². The van der Waals surface area contributed by atoms with E-state index < -0.39 is 0 Å². The van der Waals surface area contributed by atoms with Crippen molar-refractivity contribution in [3.63, 3.8) is 0 Å². The molecular formula is C20H25IN4OS. The summed E-state index contributed by atoms with van der Waals surface area (Å²) in [6.07, 6.45) is 2.70. The van der Waals surface area contributed by atoms with Crippen LogP contribution in [0.1, 0.15) is 17.5 Å². The zero-order chi connectivity index (χ0) is 18.2. The van der Waals surface area contributed by atoms with Gasteiger partial charge in [0, 0.05) is 30.6 Å². The van der Waals surface area contributed by atoms with E-state index in [9.17, 15) is 0 Å². The van der Waals surface area contributed by atoms with Crippen LogP contribution in [0.5, 0.6) is 0 Å². The highest BCUT2D eigenvalue weighted by Crippen LogP contribution is 2.18. The highest BCUT2D eigenvalue weighted by Gasteiger charge is 2.09. The molecule has 1 aromatic carbocycles. The number of oxazole rings is 1. The third-order valence-corrected chi connectivity index (χ3v) is 4.87. The topological polar surface area (TPSA) is 53.7 Å². The summed E-state index contributed by atoms with van der Waals surface area (Å²) in [5.41, 5.74) is 1.80. The standard InChI is InChI=1S/C20H24N4OS.HI/c1-3-21-20(24(2)12-11-18-10-7-13-26-18)22-14-17-15-25-19(23-17)16-8-5-4-6-9-16;/h4-10,13,15H,3,11-12,14H2,1-2H3,(H,21,22);1H. The number of likely N-dealkylation sites (N-methyl/N-ethyl adjacent to an activating group) is 1. The molecule has 27 heavy (non-hydrogen) atoms. The number of thiophene rings is 1. The Bertz CT molecular complexity index is 818. The first-order chi connectivity index (χ1) is 12.8. The third-order valence-electron chi connectivity index (χ3n) is 3.93. The van der Waals surface area contributed by atoms with Gasteiger partial charge in [0.2, 0.25) is 5.89 Å². The molecule has 0 aliphatic rings. The molecule has 3 rings (SSSR count). The Morgan fingerprint density at radius 3 is 2.74 bits per heavy atom. The molecule has 0 saturated carbocycles. The lowest BCUT2D eigenvalue weighted by Gasteiger charge is -2.21. The molecule has 0 atom stereocenters. The number of nitrogens with zero attached hydrogens (tertiary/aromatic N) is 3. The fraction of sp³-hybridized carbons (Fsp3) is 0.300. The van der Waals surface area contributed by atoms with E-state index in [1.54, 1.807) is 17.6 Å². The van der Waals surface area contributed by atoms with Gasteiger partial charge in [-0.3, -0.25) is 0 Å². The molecule has 0 aliphatic carbocycles. The number of halogens is 1. The molecule has 0 aliphatic heterocycles. The quantitative estimate of drug-likeness (QED) is 0.294. The van der Waals surface area contributed by atoms with Gasteiger partial charge in [-0.1, -0.05) is 24.3 Å². The SMILES string of the molecule is CCNC(=NCc1coc(-c2ccccc2)n1)N(C)CCc1cccs1.I. The Morgan fingerprint density at radius 1 is 1.22 bits per heavy atom. The van der Waals surface area contributed by atoms with Crippen LogP contribution in [0, 0.1) is 0 Å². The molecule has 0 radical (unpaired) electrons. The number of hydrogen-bond donors (Lipinski definition) is 1. The molecule has 3 aromatic rings. The normalized spacial score (nSPS) is 11.1. The van der Waals surface area contributed by atoms with Crippen molar-refractivity contribution in [2.45, 2.75) is 19.9 Å². The summed E-state index contributed by atoms with van der Waals surface area (Å²) in [5, 5.41) is 5.46. The summed E-state index contributed by atoms with van der Waals surface area (Å²) in [5.74, 6) is 1.51. The van der Waals surface area contributed by atoms with E-state index >= 15 is 0 Å². The number of benzene rings is 1. The van der Waals surface area contributed by atoms with Crippen LogP contribution in [0.2, 0.25) is 0 Å². The summed E-state index contributed by atoms with van der Waals surface area (Å²) >= 11 is 1.79. The van der Waals surface area contributed by atoms with E-state index in [4.69, 9.17) is 9.41 Å². The molecular weight excluding hydrogens is 471 g/mol. The van der Waals surface area contributed by atoms with Crippen LogP contribution in [0.25, 0.3) is 11.5 Å². The molecule has 0 bridgehead atoms. The number of hydrogen-bond acceptors (Lipinski definition) is 4. The van der Waals surface area contributed by atoms with Crippen LogP contribution in [0.15, 0.2) is 63.5 Å². The van der Waals surface area contributed by atoms with Crippen molar-refractivity contribution >= 4 is 41.3 Å². The van der Waals surface area contributed by atoms with Crippen LogP contribution in [0.4, 0.5) is 0 Å². The summed E-state index contributed by atoms with van der Waals surface area (Å²) in [4.78, 5) is 12.8. The monoisotopic (exact) mass is 496 g/mol. The Kier molecular flexibility index (Phi) is 8.80. The van der Waals surface area contributed by atoms with Crippen LogP contribution in [0.3, 0.4) is 0 Å². The van der Waals surface area contributed by atoms with Crippen LogP contribution in [-0.2, 0) is 13.0 Å². The zero-order valence-corrected chi connectivity index (χ0v) is 18.7. The molecule has 1 N–H and O–H groups in total. The van der Waals surface area contributed by atoms with Gasteiger partial charge >= 0.3 is 0 Å². The first kappa shape index (κ1) is 21.4. The molecule has 0 saturated heterocycles. The molecule has 0 fully saturated rings. The summed E-state index contributed by atoms with van der Waals surface area (Å²) in [6, 6.07) is 14.2. The van der Waals surface area contributed by atoms with Gasteiger partial charge in [0.05, 0.1) is 6.54 Å². The fourth-order valence-corrected chi connectivity index (χ4v) is 3.26. The van der Waals surface area contributed by atoms with Crippen molar-refractivity contribution in [2.75, 3.05) is 20.1 Å². The van der Waals surface area contributed by atoms with E-state index in [2.05, 4.69) is 46.7 Å². The second-order valence-corrected chi connectivity index (χ2v) is 6.96. The van der Waals surface area contributed by atoms with E-state index in [0.29, 0.717) is 12.4 Å². The van der Waals surface area contributed by atoms with Gasteiger partial charge < -0.3 is 14.6 Å². The van der Waals surface area contributed by atoms with E-state index in [1.807, 2.05) is 30.3 Å². The third kappa shape index (κ3) is 6.35. The van der Waals surface area contributed by atoms with Gasteiger partial charge in [0.25, 0.3) is 0 Å². The maximum Gasteiger partial charge on any atom is 0.226 e. The minimum Gasteiger partial charge on any atom is -0.444 e. The minimum absolute atomic E-state index is 0. The van der Waals surface area contributed by atoms with Gasteiger partial charge in [0.1, 0.15) is 12.0 Å². The zero-order valence-electron chi connectivity index (χ0n) is 15.6. The summed E-state index contributed by atoms with van der Waals surface area (Å²) < 4.78 is 5.59. The smallest absolute Gasteiger partial charge is 0.226 e. The molecule has 5 nitrogen and oxygen atoms in total. The average Bonchev–Trinajstić information content (AvgIpc) is 3.36. The molecule has 7 heteroatoms. The lowest BCUT2D eigenvalue weighted by atomic mass is 10.2. The lowest BCUT2D eigenvalue weighted by Crippen LogP contribution is -2.39. The molecule has 2 heterocycles. The lowest BCUT2D eigenvalue weighted by molar-refractivity contribution is 0.486. The molecule has 0 unspecified atom stereocenters. The molecule has 2 aromatic heterocycles. The minimum atomic E-state index is 0. The van der Waals surface area contributed by atoms with Gasteiger partial charge in [-0.25, -0.2) is 9.98 Å². The number of nitrogens with one attached hydrogen (secondary N) is 1. The van der Waals surface area contributed by atoms with Crippen LogP contribution < -0.4 is 5.32 Å². The largest absolute Gasteiger partial charge is 0.444 e. The Balaban J connectivity index is 0.00000261. The molecule has 0 spiro atoms. The predicted molar refractivity (Wildman–Crippen MR) is 123 cm³/mol. The molecule has 0 amide bonds. The highest BCUT2D eigenvalue weighted by atomic mass is 127. The predicted octanol–water partition coefficient (Wildman–Crippen LogP) is 4.66. The average molecular weight is 496 g/mol. The first-order valence-corrected chi connectivity index (χ1v) is 9.66. The van der Waals surface area contributed by atoms with E-state index in [0.717, 1.165) is 36.7 Å². The van der Waals surface area contributed by atoms with Crippen molar-refractivity contribution in [1.82, 2.24) is 15.2 Å². The first-order valence-electron chi connectivity index (χ1n) is 8.78. The summed E-state index contributed by atoms with van der Waals surface area (Å²) in [6.45, 7) is 4.31. The van der Waals surface area contributed by atoms with Crippen molar-refractivity contribution in [1.29, 1.82) is 0 Å². The Labute approximate surface area is 181 Å². The van der Waals surface area contributed by atoms with Gasteiger partial charge in [0.15, 0.2) is 5.96 Å². The van der Waals surface area contributed by atoms with Gasteiger partial charge in [-0.2, -0.15) is 0 Å². The van der Waals surface area contributed by atoms with Crippen molar-refractivity contribution in [3.05, 3.63) is 64.7 Å². The van der Waals surface area contributed by atoms with Crippen LogP contribution >= 0.6 is 35.3 Å². The van der Waals surface area contributed by atoms with E-state index in [1.165, 1.54) is 4.88 Å². The van der Waals surface area contributed by atoms with Crippen molar-refractivity contribution in [3.8, 4) is 11.5 Å². The van der Waals surface area contributed by atoms with Crippen LogP contribution in [-0.4, -0.2) is 36.0 Å². The number of rotatable bonds is 7. The number of aliphatic imine (C=N–C) groups is 1. The second-order valence-electron chi connectivity index (χ2n) is 5.93. The van der Waals surface area contributed by atoms with Gasteiger partial charge in [-0.15, -0.1) is 35.3 Å². The summed E-state index contributed by atoms with van der Waals surface area (Å²) in [7, 11) is 2.06. The highest BCUT2D eigenvalue weighted by molar-refractivity contribution is 14.0. The number of guanidine groups is 1. The molecule has 144 valence electrons.